The fourth-order valence-electron chi connectivity index (χ4n) is 4.20. The number of nitrogens with one attached hydrogen (secondary N) is 2. The molecule has 4 rings (SSSR count). The second-order valence-corrected chi connectivity index (χ2v) is 7.88. The summed E-state index contributed by atoms with van der Waals surface area (Å²) in [7, 11) is 0. The van der Waals surface area contributed by atoms with Crippen LogP contribution in [0.4, 0.5) is 19.0 Å². The molecule has 1 aliphatic heterocycles. The predicted octanol–water partition coefficient (Wildman–Crippen LogP) is 3.87. The van der Waals surface area contributed by atoms with Gasteiger partial charge in [-0.25, -0.2) is 9.97 Å². The molecule has 1 aliphatic rings. The van der Waals surface area contributed by atoms with Gasteiger partial charge < -0.3 is 16.4 Å². The molecule has 2 heterocycles. The van der Waals surface area contributed by atoms with Gasteiger partial charge in [0, 0.05) is 30.3 Å². The number of halogens is 3. The van der Waals surface area contributed by atoms with Crippen molar-refractivity contribution >= 4 is 22.6 Å². The third-order valence-electron chi connectivity index (χ3n) is 5.80. The maximum Gasteiger partial charge on any atom is 0.416 e. The van der Waals surface area contributed by atoms with Crippen molar-refractivity contribution in [3.8, 4) is 0 Å². The molecular formula is C23H24F3N5O. The number of aromatic nitrogens is 2. The van der Waals surface area contributed by atoms with Crippen molar-refractivity contribution in [3.63, 3.8) is 0 Å². The molecular weight excluding hydrogens is 419 g/mol. The summed E-state index contributed by atoms with van der Waals surface area (Å²) in [6.07, 6.45) is -3.16. The lowest BCUT2D eigenvalue weighted by Crippen LogP contribution is -2.44. The first kappa shape index (κ1) is 22.0. The number of amides is 1. The molecule has 1 aromatic heterocycles. The maximum absolute atomic E-state index is 13.3. The summed E-state index contributed by atoms with van der Waals surface area (Å²) in [5, 5.41) is 7.37. The summed E-state index contributed by atoms with van der Waals surface area (Å²) in [5.74, 6) is 0.366. The first-order valence-electron chi connectivity index (χ1n) is 10.5. The van der Waals surface area contributed by atoms with E-state index in [9.17, 15) is 18.0 Å². The molecule has 32 heavy (non-hydrogen) atoms. The number of primary amides is 1. The molecule has 0 saturated carbocycles. The standard InChI is InChI=1S/C23H24F3N5O/c1-2-19-30-20-16(21(27)32)7-4-8-17(20)22(31-19)29-18-12-28-10-9-15(18)13-5-3-6-14(11-13)23(24,25)26/h3-8,11,15,18,28H,2,9-10,12H2,1H3,(H2,27,32)(H,29,30,31)/t15-,18+/m1/s1. The van der Waals surface area contributed by atoms with Gasteiger partial charge in [0.05, 0.1) is 16.6 Å². The Balaban J connectivity index is 1.74. The van der Waals surface area contributed by atoms with Crippen LogP contribution in [0.3, 0.4) is 0 Å². The third kappa shape index (κ3) is 4.38. The molecule has 1 amide bonds. The molecule has 168 valence electrons. The molecule has 2 atom stereocenters. The molecule has 1 fully saturated rings. The van der Waals surface area contributed by atoms with Gasteiger partial charge in [-0.05, 0) is 36.7 Å². The largest absolute Gasteiger partial charge is 0.416 e. The van der Waals surface area contributed by atoms with E-state index in [4.69, 9.17) is 5.73 Å². The van der Waals surface area contributed by atoms with Crippen LogP contribution in [0.1, 0.15) is 46.6 Å². The van der Waals surface area contributed by atoms with Crippen molar-refractivity contribution < 1.29 is 18.0 Å². The van der Waals surface area contributed by atoms with Crippen molar-refractivity contribution in [1.82, 2.24) is 15.3 Å². The van der Waals surface area contributed by atoms with Gasteiger partial charge in [-0.2, -0.15) is 13.2 Å². The average Bonchev–Trinajstić information content (AvgIpc) is 2.78. The van der Waals surface area contributed by atoms with Crippen LogP contribution in [0.2, 0.25) is 0 Å². The quantitative estimate of drug-likeness (QED) is 0.557. The van der Waals surface area contributed by atoms with E-state index in [1.165, 1.54) is 12.1 Å². The highest BCUT2D eigenvalue weighted by Crippen LogP contribution is 2.35. The molecule has 1 saturated heterocycles. The fourth-order valence-corrected chi connectivity index (χ4v) is 4.20. The van der Waals surface area contributed by atoms with Crippen LogP contribution < -0.4 is 16.4 Å². The van der Waals surface area contributed by atoms with E-state index in [0.29, 0.717) is 59.6 Å². The number of carbonyl (C=O) groups is 1. The summed E-state index contributed by atoms with van der Waals surface area (Å²) >= 11 is 0. The van der Waals surface area contributed by atoms with E-state index < -0.39 is 17.6 Å². The Labute approximate surface area is 183 Å². The number of alkyl halides is 3. The van der Waals surface area contributed by atoms with Crippen LogP contribution in [0.5, 0.6) is 0 Å². The van der Waals surface area contributed by atoms with Crippen LogP contribution in [0.15, 0.2) is 42.5 Å². The van der Waals surface area contributed by atoms with Gasteiger partial charge in [-0.1, -0.05) is 31.2 Å². The zero-order valence-corrected chi connectivity index (χ0v) is 17.5. The van der Waals surface area contributed by atoms with Crippen LogP contribution in [-0.2, 0) is 12.6 Å². The zero-order valence-electron chi connectivity index (χ0n) is 17.5. The molecule has 0 bridgehead atoms. The minimum Gasteiger partial charge on any atom is -0.366 e. The lowest BCUT2D eigenvalue weighted by atomic mass is 9.85. The number of nitrogens with zero attached hydrogens (tertiary/aromatic N) is 2. The van der Waals surface area contributed by atoms with E-state index in [1.54, 1.807) is 24.3 Å². The van der Waals surface area contributed by atoms with Gasteiger partial charge >= 0.3 is 6.18 Å². The summed E-state index contributed by atoms with van der Waals surface area (Å²) in [6, 6.07) is 10.4. The van der Waals surface area contributed by atoms with Gasteiger partial charge in [0.2, 0.25) is 0 Å². The first-order valence-corrected chi connectivity index (χ1v) is 10.5. The van der Waals surface area contributed by atoms with Crippen molar-refractivity contribution in [2.75, 3.05) is 18.4 Å². The summed E-state index contributed by atoms with van der Waals surface area (Å²) in [6.45, 7) is 3.17. The minimum absolute atomic E-state index is 0.145. The second kappa shape index (κ2) is 8.74. The molecule has 0 aliphatic carbocycles. The number of hydrogen-bond acceptors (Lipinski definition) is 5. The number of piperidine rings is 1. The SMILES string of the molecule is CCc1nc(N[C@H]2CNCC[C@@H]2c2cccc(C(F)(F)F)c2)c2cccc(C(N)=O)c2n1. The van der Waals surface area contributed by atoms with Crippen molar-refractivity contribution in [2.24, 2.45) is 5.73 Å². The van der Waals surface area contributed by atoms with E-state index in [1.807, 2.05) is 6.92 Å². The predicted molar refractivity (Wildman–Crippen MR) is 117 cm³/mol. The zero-order chi connectivity index (χ0) is 22.9. The third-order valence-corrected chi connectivity index (χ3v) is 5.80. The van der Waals surface area contributed by atoms with Crippen molar-refractivity contribution in [1.29, 1.82) is 0 Å². The summed E-state index contributed by atoms with van der Waals surface area (Å²) in [5.41, 5.74) is 6.28. The topological polar surface area (TPSA) is 92.9 Å². The Kier molecular flexibility index (Phi) is 6.01. The number of aryl methyl sites for hydroxylation is 1. The molecule has 9 heteroatoms. The Morgan fingerprint density at radius 2 is 2.00 bits per heavy atom. The van der Waals surface area contributed by atoms with E-state index >= 15 is 0 Å². The Bertz CT molecular complexity index is 1150. The summed E-state index contributed by atoms with van der Waals surface area (Å²) < 4.78 is 39.8. The molecule has 4 N–H and O–H groups in total. The summed E-state index contributed by atoms with van der Waals surface area (Å²) in [4.78, 5) is 21.0. The number of para-hydroxylation sites is 1. The number of rotatable bonds is 5. The molecule has 2 aromatic carbocycles. The van der Waals surface area contributed by atoms with Crippen molar-refractivity contribution in [3.05, 3.63) is 65.0 Å². The Morgan fingerprint density at radius 3 is 2.72 bits per heavy atom. The van der Waals surface area contributed by atoms with Crippen LogP contribution in [0.25, 0.3) is 10.9 Å². The monoisotopic (exact) mass is 443 g/mol. The highest BCUT2D eigenvalue weighted by molar-refractivity contribution is 6.07. The Hall–Kier alpha value is -3.20. The molecule has 0 spiro atoms. The number of fused-ring (bicyclic) bond motifs is 1. The van der Waals surface area contributed by atoms with Crippen LogP contribution in [0, 0.1) is 0 Å². The van der Waals surface area contributed by atoms with Crippen LogP contribution in [-0.4, -0.2) is 35.0 Å². The van der Waals surface area contributed by atoms with Crippen LogP contribution >= 0.6 is 0 Å². The van der Waals surface area contributed by atoms with Gasteiger partial charge in [0.1, 0.15) is 11.6 Å². The van der Waals surface area contributed by atoms with Gasteiger partial charge in [0.25, 0.3) is 5.91 Å². The molecule has 3 aromatic rings. The number of hydrogen-bond donors (Lipinski definition) is 3. The number of anilines is 1. The lowest BCUT2D eigenvalue weighted by molar-refractivity contribution is -0.137. The smallest absolute Gasteiger partial charge is 0.366 e. The van der Waals surface area contributed by atoms with Gasteiger partial charge in [-0.3, -0.25) is 4.79 Å². The van der Waals surface area contributed by atoms with Gasteiger partial charge in [-0.15, -0.1) is 0 Å². The number of carbonyl (C=O) groups excluding carboxylic acids is 1. The van der Waals surface area contributed by atoms with Gasteiger partial charge in [0.15, 0.2) is 0 Å². The maximum atomic E-state index is 13.3. The van der Waals surface area contributed by atoms with Crippen molar-refractivity contribution in [2.45, 2.75) is 37.9 Å². The average molecular weight is 443 g/mol. The molecule has 0 radical (unpaired) electrons. The van der Waals surface area contributed by atoms with E-state index in [2.05, 4.69) is 20.6 Å². The first-order chi connectivity index (χ1) is 15.3. The fraction of sp³-hybridized carbons (Fsp3) is 0.348. The normalized spacial score (nSPS) is 19.1. The lowest BCUT2D eigenvalue weighted by Gasteiger charge is -2.34. The number of benzene rings is 2. The Morgan fingerprint density at radius 1 is 1.22 bits per heavy atom. The number of nitrogens with two attached hydrogens (primary N) is 1. The highest BCUT2D eigenvalue weighted by atomic mass is 19.4. The van der Waals surface area contributed by atoms with E-state index in [-0.39, 0.29) is 12.0 Å². The van der Waals surface area contributed by atoms with E-state index in [0.717, 1.165) is 6.07 Å². The minimum atomic E-state index is -4.39. The highest BCUT2D eigenvalue weighted by Gasteiger charge is 2.33. The molecule has 0 unspecified atom stereocenters. The second-order valence-electron chi connectivity index (χ2n) is 7.88. The molecule has 6 nitrogen and oxygen atoms in total.